The molecule has 0 radical (unpaired) electrons. The van der Waals surface area contributed by atoms with Crippen LogP contribution in [0.5, 0.6) is 0 Å². The van der Waals surface area contributed by atoms with E-state index in [4.69, 9.17) is 4.42 Å². The molecule has 2 rings (SSSR count). The normalized spacial score (nSPS) is 10.8. The molecule has 1 amide bonds. The van der Waals surface area contributed by atoms with Crippen molar-refractivity contribution in [1.82, 2.24) is 9.97 Å². The van der Waals surface area contributed by atoms with Crippen LogP contribution in [0.2, 0.25) is 0 Å². The summed E-state index contributed by atoms with van der Waals surface area (Å²) in [5, 5.41) is 2.56. The maximum absolute atomic E-state index is 11.4. The highest BCUT2D eigenvalue weighted by molar-refractivity contribution is 6.00. The molecule has 5 nitrogen and oxygen atoms in total. The number of carbonyl (C=O) groups is 1. The van der Waals surface area contributed by atoms with E-state index in [9.17, 15) is 4.79 Å². The fraction of sp³-hybridized carbons (Fsp3) is 0.0909. The van der Waals surface area contributed by atoms with Gasteiger partial charge in [-0.15, -0.1) is 0 Å². The Morgan fingerprint density at radius 3 is 3.06 bits per heavy atom. The van der Waals surface area contributed by atoms with Gasteiger partial charge in [-0.2, -0.15) is 0 Å². The Morgan fingerprint density at radius 2 is 2.44 bits per heavy atom. The molecule has 0 unspecified atom stereocenters. The first kappa shape index (κ1) is 10.2. The average molecular weight is 217 g/mol. The van der Waals surface area contributed by atoms with E-state index >= 15 is 0 Å². The Labute approximate surface area is 92.2 Å². The van der Waals surface area contributed by atoms with E-state index in [0.29, 0.717) is 11.7 Å². The standard InChI is InChI=1S/C11H11N3O2/c1-8-2-3-9(16-8)4-5-10(15)14-11-12-6-7-13-11/h2-7H,1H3,(H2,12,13,14,15). The van der Waals surface area contributed by atoms with E-state index in [1.54, 1.807) is 24.5 Å². The Bertz CT molecular complexity index is 497. The van der Waals surface area contributed by atoms with Crippen molar-refractivity contribution < 1.29 is 9.21 Å². The summed E-state index contributed by atoms with van der Waals surface area (Å²) in [7, 11) is 0. The summed E-state index contributed by atoms with van der Waals surface area (Å²) in [6, 6.07) is 3.64. The highest BCUT2D eigenvalue weighted by Crippen LogP contribution is 2.07. The number of hydrogen-bond donors (Lipinski definition) is 2. The number of anilines is 1. The van der Waals surface area contributed by atoms with Crippen molar-refractivity contribution in [3.8, 4) is 0 Å². The van der Waals surface area contributed by atoms with Crippen molar-refractivity contribution in [3.05, 3.63) is 42.1 Å². The van der Waals surface area contributed by atoms with Crippen LogP contribution in [0.25, 0.3) is 6.08 Å². The summed E-state index contributed by atoms with van der Waals surface area (Å²) >= 11 is 0. The van der Waals surface area contributed by atoms with E-state index in [-0.39, 0.29) is 5.91 Å². The number of aromatic nitrogens is 2. The zero-order chi connectivity index (χ0) is 11.4. The fourth-order valence-electron chi connectivity index (χ4n) is 1.19. The summed E-state index contributed by atoms with van der Waals surface area (Å²) in [4.78, 5) is 18.0. The average Bonchev–Trinajstić information content (AvgIpc) is 2.87. The molecule has 5 heteroatoms. The first-order valence-electron chi connectivity index (χ1n) is 4.79. The Kier molecular flexibility index (Phi) is 2.86. The number of imidazole rings is 1. The number of nitrogens with one attached hydrogen (secondary N) is 2. The molecule has 2 aromatic heterocycles. The van der Waals surface area contributed by atoms with Crippen LogP contribution in [-0.4, -0.2) is 15.9 Å². The van der Waals surface area contributed by atoms with Gasteiger partial charge in [0.15, 0.2) is 0 Å². The third-order valence-electron chi connectivity index (χ3n) is 1.90. The number of amides is 1. The highest BCUT2D eigenvalue weighted by atomic mass is 16.3. The predicted molar refractivity (Wildman–Crippen MR) is 59.7 cm³/mol. The van der Waals surface area contributed by atoms with Crippen LogP contribution in [0, 0.1) is 6.92 Å². The van der Waals surface area contributed by atoms with Crippen molar-refractivity contribution in [1.29, 1.82) is 0 Å². The highest BCUT2D eigenvalue weighted by Gasteiger charge is 1.99. The fourth-order valence-corrected chi connectivity index (χ4v) is 1.19. The Hall–Kier alpha value is -2.30. The second-order valence-corrected chi connectivity index (χ2v) is 3.21. The summed E-state index contributed by atoms with van der Waals surface area (Å²) in [5.74, 6) is 1.62. The monoisotopic (exact) mass is 217 g/mol. The molecule has 0 spiro atoms. The van der Waals surface area contributed by atoms with Gasteiger partial charge in [0.1, 0.15) is 11.5 Å². The van der Waals surface area contributed by atoms with E-state index in [2.05, 4.69) is 15.3 Å². The Morgan fingerprint density at radius 1 is 1.56 bits per heavy atom. The maximum Gasteiger partial charge on any atom is 0.250 e. The maximum atomic E-state index is 11.4. The third-order valence-corrected chi connectivity index (χ3v) is 1.90. The lowest BCUT2D eigenvalue weighted by Gasteiger charge is -1.94. The van der Waals surface area contributed by atoms with Gasteiger partial charge in [-0.1, -0.05) is 0 Å². The molecule has 2 heterocycles. The molecule has 82 valence electrons. The summed E-state index contributed by atoms with van der Waals surface area (Å²) in [6.45, 7) is 1.85. The Balaban J connectivity index is 1.94. The molecule has 0 aliphatic heterocycles. The number of furan rings is 1. The molecule has 0 saturated heterocycles. The number of rotatable bonds is 3. The molecule has 0 fully saturated rings. The zero-order valence-electron chi connectivity index (χ0n) is 8.73. The molecule has 0 atom stereocenters. The molecule has 0 aliphatic rings. The second kappa shape index (κ2) is 4.48. The van der Waals surface area contributed by atoms with Crippen LogP contribution in [-0.2, 0) is 4.79 Å². The summed E-state index contributed by atoms with van der Waals surface area (Å²) < 4.78 is 5.28. The predicted octanol–water partition coefficient (Wildman–Crippen LogP) is 1.96. The van der Waals surface area contributed by atoms with Crippen molar-refractivity contribution in [2.75, 3.05) is 5.32 Å². The van der Waals surface area contributed by atoms with Crippen LogP contribution in [0.1, 0.15) is 11.5 Å². The number of hydrogen-bond acceptors (Lipinski definition) is 3. The molecular weight excluding hydrogens is 206 g/mol. The lowest BCUT2D eigenvalue weighted by atomic mass is 10.4. The molecule has 16 heavy (non-hydrogen) atoms. The van der Waals surface area contributed by atoms with Gasteiger partial charge >= 0.3 is 0 Å². The van der Waals surface area contributed by atoms with Gasteiger partial charge in [0.25, 0.3) is 5.91 Å². The number of aromatic amines is 1. The van der Waals surface area contributed by atoms with Gasteiger partial charge in [-0.3, -0.25) is 10.1 Å². The molecule has 0 saturated carbocycles. The first-order valence-corrected chi connectivity index (χ1v) is 4.79. The van der Waals surface area contributed by atoms with Crippen LogP contribution in [0.4, 0.5) is 5.95 Å². The molecule has 0 bridgehead atoms. The third kappa shape index (κ3) is 2.60. The van der Waals surface area contributed by atoms with Crippen molar-refractivity contribution in [2.24, 2.45) is 0 Å². The molecule has 0 aliphatic carbocycles. The molecule has 2 aromatic rings. The quantitative estimate of drug-likeness (QED) is 0.772. The summed E-state index contributed by atoms with van der Waals surface area (Å²) in [5.41, 5.74) is 0. The van der Waals surface area contributed by atoms with Crippen molar-refractivity contribution >= 4 is 17.9 Å². The van der Waals surface area contributed by atoms with Gasteiger partial charge < -0.3 is 9.40 Å². The van der Waals surface area contributed by atoms with E-state index in [0.717, 1.165) is 5.76 Å². The minimum absolute atomic E-state index is 0.260. The SMILES string of the molecule is Cc1ccc(C=CC(=O)Nc2ncc[nH]2)o1. The van der Waals surface area contributed by atoms with E-state index < -0.39 is 0 Å². The number of H-pyrrole nitrogens is 1. The largest absolute Gasteiger partial charge is 0.462 e. The first-order chi connectivity index (χ1) is 7.74. The number of nitrogens with zero attached hydrogens (tertiary/aromatic N) is 1. The van der Waals surface area contributed by atoms with E-state index in [1.807, 2.05) is 13.0 Å². The minimum Gasteiger partial charge on any atom is -0.462 e. The zero-order valence-corrected chi connectivity index (χ0v) is 8.73. The second-order valence-electron chi connectivity index (χ2n) is 3.21. The smallest absolute Gasteiger partial charge is 0.250 e. The lowest BCUT2D eigenvalue weighted by molar-refractivity contribution is -0.111. The summed E-state index contributed by atoms with van der Waals surface area (Å²) in [6.07, 6.45) is 6.19. The van der Waals surface area contributed by atoms with Crippen LogP contribution >= 0.6 is 0 Å². The van der Waals surface area contributed by atoms with Gasteiger partial charge in [-0.05, 0) is 25.1 Å². The molecule has 2 N–H and O–H groups in total. The number of aryl methyl sites for hydroxylation is 1. The van der Waals surface area contributed by atoms with E-state index in [1.165, 1.54) is 6.08 Å². The lowest BCUT2D eigenvalue weighted by Crippen LogP contribution is -2.08. The van der Waals surface area contributed by atoms with Crippen molar-refractivity contribution in [3.63, 3.8) is 0 Å². The van der Waals surface area contributed by atoms with Gasteiger partial charge in [0.05, 0.1) is 0 Å². The molecular formula is C11H11N3O2. The number of carbonyl (C=O) groups excluding carboxylic acids is 1. The molecule has 0 aromatic carbocycles. The van der Waals surface area contributed by atoms with Gasteiger partial charge in [0, 0.05) is 18.5 Å². The van der Waals surface area contributed by atoms with Crippen LogP contribution in [0.15, 0.2) is 35.0 Å². The topological polar surface area (TPSA) is 70.9 Å². The van der Waals surface area contributed by atoms with Gasteiger partial charge in [-0.25, -0.2) is 4.98 Å². The van der Waals surface area contributed by atoms with Crippen molar-refractivity contribution in [2.45, 2.75) is 6.92 Å². The minimum atomic E-state index is -0.260. The van der Waals surface area contributed by atoms with Gasteiger partial charge in [0.2, 0.25) is 5.95 Å². The van der Waals surface area contributed by atoms with Crippen LogP contribution in [0.3, 0.4) is 0 Å². The van der Waals surface area contributed by atoms with Crippen LogP contribution < -0.4 is 5.32 Å².